The smallest absolute Gasteiger partial charge is 0.241 e. The van der Waals surface area contributed by atoms with E-state index in [0.717, 1.165) is 17.7 Å². The van der Waals surface area contributed by atoms with Crippen molar-refractivity contribution < 1.29 is 14.3 Å². The number of benzene rings is 1. The largest absolute Gasteiger partial charge is 0.385 e. The van der Waals surface area contributed by atoms with E-state index in [9.17, 15) is 4.79 Å². The van der Waals surface area contributed by atoms with Gasteiger partial charge in [-0.25, -0.2) is 0 Å². The Morgan fingerprint density at radius 2 is 2.15 bits per heavy atom. The van der Waals surface area contributed by atoms with Crippen molar-refractivity contribution in [3.8, 4) is 0 Å². The normalized spacial score (nSPS) is 12.2. The van der Waals surface area contributed by atoms with Crippen molar-refractivity contribution >= 4 is 11.6 Å². The molecular formula is C15H24N2O3. The molecule has 0 saturated heterocycles. The van der Waals surface area contributed by atoms with E-state index < -0.39 is 6.04 Å². The van der Waals surface area contributed by atoms with Crippen molar-refractivity contribution in [2.24, 2.45) is 5.73 Å². The highest BCUT2D eigenvalue weighted by Gasteiger charge is 2.14. The zero-order valence-electron chi connectivity index (χ0n) is 12.2. The average Bonchev–Trinajstić information content (AvgIpc) is 2.46. The molecule has 0 aliphatic heterocycles. The number of para-hydroxylation sites is 1. The van der Waals surface area contributed by atoms with Crippen LogP contribution in [0, 0.1) is 0 Å². The Balaban J connectivity index is 2.56. The molecule has 1 amide bonds. The summed E-state index contributed by atoms with van der Waals surface area (Å²) in [6.07, 6.45) is 1.37. The van der Waals surface area contributed by atoms with Gasteiger partial charge in [-0.2, -0.15) is 0 Å². The summed E-state index contributed by atoms with van der Waals surface area (Å²) in [6.45, 7) is 3.67. The number of hydrogen-bond donors (Lipinski definition) is 2. The highest BCUT2D eigenvalue weighted by atomic mass is 16.5. The van der Waals surface area contributed by atoms with E-state index in [2.05, 4.69) is 5.32 Å². The average molecular weight is 280 g/mol. The van der Waals surface area contributed by atoms with Crippen molar-refractivity contribution in [3.63, 3.8) is 0 Å². The van der Waals surface area contributed by atoms with Gasteiger partial charge in [0.25, 0.3) is 0 Å². The Morgan fingerprint density at radius 1 is 1.40 bits per heavy atom. The van der Waals surface area contributed by atoms with Gasteiger partial charge in [0.15, 0.2) is 0 Å². The van der Waals surface area contributed by atoms with Gasteiger partial charge in [0, 0.05) is 31.6 Å². The third-order valence-electron chi connectivity index (χ3n) is 2.94. The van der Waals surface area contributed by atoms with Gasteiger partial charge in [-0.15, -0.1) is 0 Å². The van der Waals surface area contributed by atoms with Crippen LogP contribution in [0.5, 0.6) is 0 Å². The molecule has 1 aromatic rings. The SMILES string of the molecule is CCOCc1ccccc1NC(=O)C(N)CCCOC. The molecule has 0 aliphatic rings. The molecule has 1 unspecified atom stereocenters. The van der Waals surface area contributed by atoms with Crippen LogP contribution in [0.1, 0.15) is 25.3 Å². The minimum atomic E-state index is -0.523. The molecule has 1 atom stereocenters. The number of carbonyl (C=O) groups is 1. The fourth-order valence-electron chi connectivity index (χ4n) is 1.78. The molecule has 0 aliphatic carbocycles. The van der Waals surface area contributed by atoms with Crippen molar-refractivity contribution in [2.75, 3.05) is 25.6 Å². The molecule has 20 heavy (non-hydrogen) atoms. The molecule has 3 N–H and O–H groups in total. The fraction of sp³-hybridized carbons (Fsp3) is 0.533. The van der Waals surface area contributed by atoms with Crippen molar-refractivity contribution in [1.82, 2.24) is 0 Å². The zero-order valence-corrected chi connectivity index (χ0v) is 12.2. The summed E-state index contributed by atoms with van der Waals surface area (Å²) in [5.41, 5.74) is 7.57. The Bertz CT molecular complexity index is 410. The minimum Gasteiger partial charge on any atom is -0.385 e. The van der Waals surface area contributed by atoms with E-state index >= 15 is 0 Å². The molecule has 0 fully saturated rings. The number of rotatable bonds is 9. The van der Waals surface area contributed by atoms with Crippen LogP contribution in [-0.2, 0) is 20.9 Å². The molecule has 0 radical (unpaired) electrons. The van der Waals surface area contributed by atoms with Crippen LogP contribution in [0.25, 0.3) is 0 Å². The molecule has 0 heterocycles. The van der Waals surface area contributed by atoms with E-state index in [4.69, 9.17) is 15.2 Å². The second-order valence-electron chi connectivity index (χ2n) is 4.53. The third-order valence-corrected chi connectivity index (χ3v) is 2.94. The highest BCUT2D eigenvalue weighted by molar-refractivity contribution is 5.95. The maximum absolute atomic E-state index is 12.0. The number of nitrogens with one attached hydrogen (secondary N) is 1. The fourth-order valence-corrected chi connectivity index (χ4v) is 1.78. The van der Waals surface area contributed by atoms with E-state index in [1.807, 2.05) is 31.2 Å². The molecule has 0 bridgehead atoms. The first-order valence-corrected chi connectivity index (χ1v) is 6.90. The third kappa shape index (κ3) is 5.69. The molecule has 1 aromatic carbocycles. The van der Waals surface area contributed by atoms with E-state index in [-0.39, 0.29) is 5.91 Å². The molecule has 112 valence electrons. The summed E-state index contributed by atoms with van der Waals surface area (Å²) in [7, 11) is 1.63. The maximum Gasteiger partial charge on any atom is 0.241 e. The first kappa shape index (κ1) is 16.6. The van der Waals surface area contributed by atoms with Crippen LogP contribution in [-0.4, -0.2) is 32.3 Å². The molecular weight excluding hydrogens is 256 g/mol. The van der Waals surface area contributed by atoms with Crippen LogP contribution in [0.4, 0.5) is 5.69 Å². The lowest BCUT2D eigenvalue weighted by Gasteiger charge is -2.14. The van der Waals surface area contributed by atoms with Crippen LogP contribution >= 0.6 is 0 Å². The first-order chi connectivity index (χ1) is 9.69. The van der Waals surface area contributed by atoms with E-state index in [1.54, 1.807) is 7.11 Å². The first-order valence-electron chi connectivity index (χ1n) is 6.90. The summed E-state index contributed by atoms with van der Waals surface area (Å²) in [5.74, 6) is -0.176. The van der Waals surface area contributed by atoms with Gasteiger partial charge in [-0.1, -0.05) is 18.2 Å². The lowest BCUT2D eigenvalue weighted by molar-refractivity contribution is -0.117. The summed E-state index contributed by atoms with van der Waals surface area (Å²) in [5, 5.41) is 2.86. The molecule has 5 nitrogen and oxygen atoms in total. The molecule has 1 rings (SSSR count). The number of ether oxygens (including phenoxy) is 2. The predicted molar refractivity (Wildman–Crippen MR) is 79.5 cm³/mol. The Kier molecular flexibility index (Phi) is 7.87. The Morgan fingerprint density at radius 3 is 2.85 bits per heavy atom. The van der Waals surface area contributed by atoms with Gasteiger partial charge in [-0.3, -0.25) is 4.79 Å². The van der Waals surface area contributed by atoms with E-state index in [1.165, 1.54) is 0 Å². The molecule has 0 spiro atoms. The molecule has 0 aromatic heterocycles. The summed E-state index contributed by atoms with van der Waals surface area (Å²) in [6, 6.07) is 7.06. The van der Waals surface area contributed by atoms with Crippen molar-refractivity contribution in [1.29, 1.82) is 0 Å². The van der Waals surface area contributed by atoms with Crippen molar-refractivity contribution in [2.45, 2.75) is 32.4 Å². The highest BCUT2D eigenvalue weighted by Crippen LogP contribution is 2.16. The quantitative estimate of drug-likeness (QED) is 0.678. The van der Waals surface area contributed by atoms with Gasteiger partial charge >= 0.3 is 0 Å². The number of hydrogen-bond acceptors (Lipinski definition) is 4. The Hall–Kier alpha value is -1.43. The van der Waals surface area contributed by atoms with Gasteiger partial charge in [0.1, 0.15) is 0 Å². The Labute approximate surface area is 120 Å². The molecule has 0 saturated carbocycles. The van der Waals surface area contributed by atoms with Gasteiger partial charge < -0.3 is 20.5 Å². The number of anilines is 1. The number of nitrogens with two attached hydrogens (primary N) is 1. The van der Waals surface area contributed by atoms with Crippen molar-refractivity contribution in [3.05, 3.63) is 29.8 Å². The number of carbonyl (C=O) groups excluding carboxylic acids is 1. The predicted octanol–water partition coefficient (Wildman–Crippen LogP) is 1.92. The van der Waals surface area contributed by atoms with Gasteiger partial charge in [0.2, 0.25) is 5.91 Å². The maximum atomic E-state index is 12.0. The zero-order chi connectivity index (χ0) is 14.8. The second kappa shape index (κ2) is 9.47. The lowest BCUT2D eigenvalue weighted by atomic mass is 10.1. The van der Waals surface area contributed by atoms with Crippen LogP contribution in [0.2, 0.25) is 0 Å². The summed E-state index contributed by atoms with van der Waals surface area (Å²) < 4.78 is 10.3. The summed E-state index contributed by atoms with van der Waals surface area (Å²) >= 11 is 0. The van der Waals surface area contributed by atoms with Crippen LogP contribution in [0.15, 0.2) is 24.3 Å². The monoisotopic (exact) mass is 280 g/mol. The lowest BCUT2D eigenvalue weighted by Crippen LogP contribution is -2.36. The topological polar surface area (TPSA) is 73.6 Å². The molecule has 5 heteroatoms. The van der Waals surface area contributed by atoms with Crippen LogP contribution in [0.3, 0.4) is 0 Å². The van der Waals surface area contributed by atoms with Crippen LogP contribution < -0.4 is 11.1 Å². The van der Waals surface area contributed by atoms with E-state index in [0.29, 0.717) is 26.2 Å². The number of methoxy groups -OCH3 is 1. The van der Waals surface area contributed by atoms with Gasteiger partial charge in [-0.05, 0) is 25.8 Å². The summed E-state index contributed by atoms with van der Waals surface area (Å²) in [4.78, 5) is 12.0. The second-order valence-corrected chi connectivity index (χ2v) is 4.53. The van der Waals surface area contributed by atoms with Gasteiger partial charge in [0.05, 0.1) is 12.6 Å². The standard InChI is InChI=1S/C15H24N2O3/c1-3-20-11-12-7-4-5-9-14(12)17-15(18)13(16)8-6-10-19-2/h4-5,7,9,13H,3,6,8,10-11,16H2,1-2H3,(H,17,18). The number of amides is 1. The minimum absolute atomic E-state index is 0.176.